The molecule has 6 aromatic carbocycles. The summed E-state index contributed by atoms with van der Waals surface area (Å²) < 4.78 is 15.6. The SMILES string of the molecule is C1=CCC(c2cc(-c3ccccc3)cc(-c3ccc4oc5c(ccc6c7cc(-n8c9c(c%10ccccc%108)CCC=C9)ccc7oc65)c4c3)c2)C=C1. The first-order valence-corrected chi connectivity index (χ1v) is 17.9. The van der Waals surface area contributed by atoms with Crippen LogP contribution in [-0.4, -0.2) is 4.57 Å². The van der Waals surface area contributed by atoms with Crippen LogP contribution in [-0.2, 0) is 6.42 Å². The van der Waals surface area contributed by atoms with Crippen LogP contribution in [0.5, 0.6) is 0 Å². The molecule has 0 spiro atoms. The second-order valence-electron chi connectivity index (χ2n) is 13.9. The van der Waals surface area contributed by atoms with Crippen molar-refractivity contribution in [2.24, 2.45) is 0 Å². The highest BCUT2D eigenvalue weighted by atomic mass is 16.4. The van der Waals surface area contributed by atoms with Crippen LogP contribution < -0.4 is 0 Å². The number of nitrogens with zero attached hydrogens (tertiary/aromatic N) is 1. The third kappa shape index (κ3) is 4.44. The van der Waals surface area contributed by atoms with Crippen molar-refractivity contribution in [2.45, 2.75) is 25.2 Å². The summed E-state index contributed by atoms with van der Waals surface area (Å²) in [7, 11) is 0. The molecule has 9 aromatic rings. The van der Waals surface area contributed by atoms with E-state index in [2.05, 4.69) is 162 Å². The Morgan fingerprint density at radius 2 is 1.29 bits per heavy atom. The molecular weight excluding hydrogens is 623 g/mol. The van der Waals surface area contributed by atoms with E-state index in [1.54, 1.807) is 0 Å². The molecular formula is C48H33NO2. The number of para-hydroxylation sites is 1. The van der Waals surface area contributed by atoms with E-state index in [9.17, 15) is 0 Å². The Kier molecular flexibility index (Phi) is 6.20. The molecule has 3 heterocycles. The van der Waals surface area contributed by atoms with Crippen molar-refractivity contribution in [3.8, 4) is 27.9 Å². The third-order valence-electron chi connectivity index (χ3n) is 11.0. The van der Waals surface area contributed by atoms with E-state index in [1.807, 2.05) is 0 Å². The molecule has 0 saturated carbocycles. The maximum Gasteiger partial charge on any atom is 0.178 e. The molecule has 0 saturated heterocycles. The Bertz CT molecular complexity index is 2940. The summed E-state index contributed by atoms with van der Waals surface area (Å²) in [6.45, 7) is 0. The normalized spacial score (nSPS) is 15.6. The highest BCUT2D eigenvalue weighted by Gasteiger charge is 2.21. The lowest BCUT2D eigenvalue weighted by Gasteiger charge is -2.17. The Morgan fingerprint density at radius 3 is 2.10 bits per heavy atom. The maximum atomic E-state index is 6.61. The van der Waals surface area contributed by atoms with Gasteiger partial charge in [0, 0.05) is 44.2 Å². The maximum absolute atomic E-state index is 6.61. The van der Waals surface area contributed by atoms with Gasteiger partial charge in [-0.15, -0.1) is 0 Å². The highest BCUT2D eigenvalue weighted by Crippen LogP contribution is 2.42. The summed E-state index contributed by atoms with van der Waals surface area (Å²) in [6.07, 6.45) is 16.6. The molecule has 11 rings (SSSR count). The van der Waals surface area contributed by atoms with Crippen molar-refractivity contribution < 1.29 is 8.83 Å². The molecule has 0 N–H and O–H groups in total. The number of furan rings is 2. The van der Waals surface area contributed by atoms with Crippen molar-refractivity contribution >= 4 is 60.9 Å². The first-order valence-electron chi connectivity index (χ1n) is 17.9. The predicted molar refractivity (Wildman–Crippen MR) is 212 cm³/mol. The molecule has 242 valence electrons. The number of allylic oxidation sites excluding steroid dienone is 5. The van der Waals surface area contributed by atoms with Crippen LogP contribution in [0.1, 0.15) is 35.6 Å². The van der Waals surface area contributed by atoms with E-state index in [1.165, 1.54) is 50.0 Å². The predicted octanol–water partition coefficient (Wildman–Crippen LogP) is 13.3. The van der Waals surface area contributed by atoms with E-state index in [0.717, 1.165) is 68.8 Å². The van der Waals surface area contributed by atoms with Gasteiger partial charge in [-0.3, -0.25) is 0 Å². The van der Waals surface area contributed by atoms with Gasteiger partial charge in [-0.25, -0.2) is 0 Å². The van der Waals surface area contributed by atoms with Crippen LogP contribution in [0.25, 0.3) is 88.8 Å². The van der Waals surface area contributed by atoms with Gasteiger partial charge in [0.15, 0.2) is 11.2 Å². The summed E-state index contributed by atoms with van der Waals surface area (Å²) in [4.78, 5) is 0. The van der Waals surface area contributed by atoms with Crippen LogP contribution in [0.15, 0.2) is 161 Å². The molecule has 3 heteroatoms. The van der Waals surface area contributed by atoms with Crippen LogP contribution in [0, 0.1) is 0 Å². The molecule has 0 bridgehead atoms. The fourth-order valence-electron chi connectivity index (χ4n) is 8.50. The topological polar surface area (TPSA) is 31.2 Å². The Labute approximate surface area is 295 Å². The minimum Gasteiger partial charge on any atom is -0.452 e. The molecule has 0 fully saturated rings. The highest BCUT2D eigenvalue weighted by molar-refractivity contribution is 6.19. The van der Waals surface area contributed by atoms with E-state index in [-0.39, 0.29) is 0 Å². The van der Waals surface area contributed by atoms with E-state index in [4.69, 9.17) is 8.83 Å². The smallest absolute Gasteiger partial charge is 0.178 e. The van der Waals surface area contributed by atoms with Crippen LogP contribution in [0.4, 0.5) is 0 Å². The summed E-state index contributed by atoms with van der Waals surface area (Å²) >= 11 is 0. The fourth-order valence-corrected chi connectivity index (χ4v) is 8.50. The largest absolute Gasteiger partial charge is 0.452 e. The summed E-state index contributed by atoms with van der Waals surface area (Å²) in [5, 5.41) is 5.65. The lowest BCUT2D eigenvalue weighted by molar-refractivity contribution is 0.633. The lowest BCUT2D eigenvalue weighted by Crippen LogP contribution is -2.00. The monoisotopic (exact) mass is 655 g/mol. The molecule has 2 aliphatic carbocycles. The number of fused-ring (bicyclic) bond motifs is 10. The zero-order valence-electron chi connectivity index (χ0n) is 28.0. The summed E-state index contributed by atoms with van der Waals surface area (Å²) in [6, 6.07) is 44.0. The van der Waals surface area contributed by atoms with Gasteiger partial charge in [0.1, 0.15) is 11.2 Å². The molecule has 0 radical (unpaired) electrons. The Hall–Kier alpha value is -6.32. The molecule has 3 aromatic heterocycles. The minimum absolute atomic E-state index is 0.357. The second kappa shape index (κ2) is 11.1. The van der Waals surface area contributed by atoms with Crippen molar-refractivity contribution in [2.75, 3.05) is 0 Å². The van der Waals surface area contributed by atoms with Gasteiger partial charge in [-0.05, 0) is 113 Å². The number of hydrogen-bond acceptors (Lipinski definition) is 2. The van der Waals surface area contributed by atoms with Crippen LogP contribution in [0.2, 0.25) is 0 Å². The molecule has 0 aliphatic heterocycles. The molecule has 1 atom stereocenters. The van der Waals surface area contributed by atoms with E-state index < -0.39 is 0 Å². The Morgan fingerprint density at radius 1 is 0.549 bits per heavy atom. The molecule has 51 heavy (non-hydrogen) atoms. The minimum atomic E-state index is 0.357. The van der Waals surface area contributed by atoms with Crippen molar-refractivity contribution in [3.05, 3.63) is 169 Å². The van der Waals surface area contributed by atoms with Gasteiger partial charge in [-0.2, -0.15) is 0 Å². The molecule has 3 nitrogen and oxygen atoms in total. The van der Waals surface area contributed by atoms with Gasteiger partial charge in [-0.1, -0.05) is 97.1 Å². The molecule has 1 unspecified atom stereocenters. The van der Waals surface area contributed by atoms with Crippen molar-refractivity contribution in [1.29, 1.82) is 0 Å². The standard InChI is InChI=1S/C48H33NO2/c1-3-11-30(12-4-1)33-25-34(31-13-5-2-6-14-31)27-35(26-33)32-19-23-45-41(28-32)39-21-22-40-42-29-36(20-24-46(42)51-48(40)47(39)50-45)49-43-17-9-7-15-37(43)38-16-8-10-18-44(38)49/h1-7,9-13,15,17-29,31H,8,14,16H2. The number of benzene rings is 6. The number of hydrogen-bond donors (Lipinski definition) is 0. The number of aromatic nitrogens is 1. The molecule has 2 aliphatic rings. The second-order valence-corrected chi connectivity index (χ2v) is 13.9. The first kappa shape index (κ1) is 28.5. The molecule has 0 amide bonds. The number of rotatable bonds is 4. The summed E-state index contributed by atoms with van der Waals surface area (Å²) in [5.74, 6) is 0.357. The van der Waals surface area contributed by atoms with E-state index >= 15 is 0 Å². The number of aryl methyl sites for hydroxylation is 1. The Balaban J connectivity index is 1.05. The van der Waals surface area contributed by atoms with Gasteiger partial charge in [0.25, 0.3) is 0 Å². The van der Waals surface area contributed by atoms with Gasteiger partial charge >= 0.3 is 0 Å². The fraction of sp³-hybridized carbons (Fsp3) is 0.0833. The average molecular weight is 656 g/mol. The quantitative estimate of drug-likeness (QED) is 0.189. The van der Waals surface area contributed by atoms with Gasteiger partial charge in [0.05, 0.1) is 5.52 Å². The van der Waals surface area contributed by atoms with Gasteiger partial charge in [0.2, 0.25) is 0 Å². The zero-order valence-corrected chi connectivity index (χ0v) is 28.0. The van der Waals surface area contributed by atoms with Gasteiger partial charge < -0.3 is 13.4 Å². The van der Waals surface area contributed by atoms with E-state index in [0.29, 0.717) is 5.92 Å². The van der Waals surface area contributed by atoms with Crippen LogP contribution >= 0.6 is 0 Å². The van der Waals surface area contributed by atoms with Crippen molar-refractivity contribution in [3.63, 3.8) is 0 Å². The lowest BCUT2D eigenvalue weighted by atomic mass is 9.87. The summed E-state index contributed by atoms with van der Waals surface area (Å²) in [5.41, 5.74) is 14.6. The van der Waals surface area contributed by atoms with Crippen molar-refractivity contribution in [1.82, 2.24) is 4.57 Å². The third-order valence-corrected chi connectivity index (χ3v) is 11.0. The zero-order chi connectivity index (χ0) is 33.5. The van der Waals surface area contributed by atoms with Crippen LogP contribution in [0.3, 0.4) is 0 Å². The average Bonchev–Trinajstić information content (AvgIpc) is 3.87. The first-order chi connectivity index (χ1) is 25.3.